The minimum absolute atomic E-state index is 0.0439. The molecule has 2 aromatic heterocycles. The van der Waals surface area contributed by atoms with E-state index in [9.17, 15) is 19.7 Å². The van der Waals surface area contributed by atoms with E-state index in [4.69, 9.17) is 4.74 Å². The Hall–Kier alpha value is -3.95. The molecule has 9 heteroatoms. The lowest BCUT2D eigenvalue weighted by Crippen LogP contribution is -2.46. The SMILES string of the molecule is CN(c1c(C#N)c(=O)n(C)c2ccc(C#N)nc12)C1CCC(N(C[C@H]2CCCOC2)c2ccc(F)cc2)CC1. The van der Waals surface area contributed by atoms with Crippen LogP contribution < -0.4 is 15.4 Å². The Morgan fingerprint density at radius 1 is 1.05 bits per heavy atom. The zero-order valence-electron chi connectivity index (χ0n) is 22.4. The highest BCUT2D eigenvalue weighted by molar-refractivity contribution is 5.92. The van der Waals surface area contributed by atoms with Gasteiger partial charge in [0.1, 0.15) is 34.7 Å². The van der Waals surface area contributed by atoms with Gasteiger partial charge in [0.15, 0.2) is 0 Å². The van der Waals surface area contributed by atoms with Gasteiger partial charge >= 0.3 is 0 Å². The summed E-state index contributed by atoms with van der Waals surface area (Å²) in [7, 11) is 3.54. The summed E-state index contributed by atoms with van der Waals surface area (Å²) in [4.78, 5) is 22.0. The Kier molecular flexibility index (Phi) is 7.81. The van der Waals surface area contributed by atoms with E-state index in [0.29, 0.717) is 28.7 Å². The second-order valence-electron chi connectivity index (χ2n) is 10.7. The number of hydrogen-bond donors (Lipinski definition) is 0. The molecular formula is C30H33FN6O2. The van der Waals surface area contributed by atoms with Crippen molar-refractivity contribution in [2.75, 3.05) is 36.6 Å². The molecule has 0 radical (unpaired) electrons. The molecule has 2 aliphatic rings. The summed E-state index contributed by atoms with van der Waals surface area (Å²) in [5.41, 5.74) is 2.51. The van der Waals surface area contributed by atoms with Crippen molar-refractivity contribution in [1.82, 2.24) is 9.55 Å². The molecule has 0 amide bonds. The normalized spacial score (nSPS) is 21.2. The smallest absolute Gasteiger partial charge is 0.270 e. The number of nitriles is 2. The predicted octanol–water partition coefficient (Wildman–Crippen LogP) is 4.50. The van der Waals surface area contributed by atoms with Crippen LogP contribution in [0.25, 0.3) is 11.0 Å². The number of anilines is 2. The lowest BCUT2D eigenvalue weighted by Gasteiger charge is -2.43. The first-order valence-corrected chi connectivity index (χ1v) is 13.6. The molecule has 1 aromatic carbocycles. The van der Waals surface area contributed by atoms with E-state index in [1.165, 1.54) is 16.7 Å². The number of pyridine rings is 2. The number of ether oxygens (including phenoxy) is 1. The first-order chi connectivity index (χ1) is 18.9. The maximum Gasteiger partial charge on any atom is 0.270 e. The van der Waals surface area contributed by atoms with Crippen molar-refractivity contribution < 1.29 is 9.13 Å². The number of aromatic nitrogens is 2. The van der Waals surface area contributed by atoms with Gasteiger partial charge in [0, 0.05) is 45.0 Å². The number of fused-ring (bicyclic) bond motifs is 1. The summed E-state index contributed by atoms with van der Waals surface area (Å²) in [5.74, 6) is 0.197. The van der Waals surface area contributed by atoms with E-state index >= 15 is 0 Å². The zero-order chi connectivity index (χ0) is 27.5. The Labute approximate surface area is 227 Å². The van der Waals surface area contributed by atoms with Gasteiger partial charge in [-0.25, -0.2) is 9.37 Å². The van der Waals surface area contributed by atoms with E-state index < -0.39 is 0 Å². The zero-order valence-corrected chi connectivity index (χ0v) is 22.4. The molecule has 0 bridgehead atoms. The molecule has 0 spiro atoms. The summed E-state index contributed by atoms with van der Waals surface area (Å²) >= 11 is 0. The largest absolute Gasteiger partial charge is 0.381 e. The van der Waals surface area contributed by atoms with Gasteiger partial charge < -0.3 is 19.1 Å². The van der Waals surface area contributed by atoms with Crippen LogP contribution in [0.2, 0.25) is 0 Å². The molecule has 3 heterocycles. The number of benzene rings is 1. The first-order valence-electron chi connectivity index (χ1n) is 13.6. The summed E-state index contributed by atoms with van der Waals surface area (Å²) in [5, 5.41) is 19.4. The van der Waals surface area contributed by atoms with Gasteiger partial charge in [-0.2, -0.15) is 10.5 Å². The predicted molar refractivity (Wildman–Crippen MR) is 148 cm³/mol. The summed E-state index contributed by atoms with van der Waals surface area (Å²) < 4.78 is 20.9. The molecular weight excluding hydrogens is 495 g/mol. The molecule has 1 aliphatic heterocycles. The lowest BCUT2D eigenvalue weighted by molar-refractivity contribution is 0.0562. The van der Waals surface area contributed by atoms with Crippen LogP contribution in [0.15, 0.2) is 41.2 Å². The number of hydrogen-bond acceptors (Lipinski definition) is 7. The van der Waals surface area contributed by atoms with Crippen molar-refractivity contribution >= 4 is 22.4 Å². The van der Waals surface area contributed by atoms with Gasteiger partial charge in [-0.15, -0.1) is 0 Å². The Morgan fingerprint density at radius 2 is 1.77 bits per heavy atom. The van der Waals surface area contributed by atoms with Gasteiger partial charge in [-0.05, 0) is 80.8 Å². The molecule has 5 rings (SSSR count). The molecule has 1 atom stereocenters. The lowest BCUT2D eigenvalue weighted by atomic mass is 9.87. The topological polar surface area (TPSA) is 98.2 Å². The number of aryl methyl sites for hydroxylation is 1. The van der Waals surface area contributed by atoms with Crippen LogP contribution in [0.4, 0.5) is 15.8 Å². The molecule has 202 valence electrons. The Bertz CT molecular complexity index is 1480. The van der Waals surface area contributed by atoms with E-state index in [0.717, 1.165) is 64.0 Å². The number of halogens is 1. The standard InChI is InChI=1S/C30H33FN6O2/c1-35(29-26(17-33)30(38)36(2)27-14-7-22(16-32)34-28(27)29)23-10-12-25(13-11-23)37(18-20-4-3-15-39-19-20)24-8-5-21(31)6-9-24/h5-9,14,20,23,25H,3-4,10-13,15,18-19H2,1-2H3/t20-,23?,25?/m1/s1. The van der Waals surface area contributed by atoms with Crippen molar-refractivity contribution in [1.29, 1.82) is 10.5 Å². The third-order valence-electron chi connectivity index (χ3n) is 8.32. The Morgan fingerprint density at radius 3 is 2.41 bits per heavy atom. The third-order valence-corrected chi connectivity index (χ3v) is 8.32. The second kappa shape index (κ2) is 11.4. The van der Waals surface area contributed by atoms with Crippen molar-refractivity contribution in [3.05, 3.63) is 63.8 Å². The molecule has 2 fully saturated rings. The highest BCUT2D eigenvalue weighted by Gasteiger charge is 2.32. The number of rotatable bonds is 6. The minimum Gasteiger partial charge on any atom is -0.381 e. The van der Waals surface area contributed by atoms with Crippen molar-refractivity contribution in [2.24, 2.45) is 13.0 Å². The fraction of sp³-hybridized carbons (Fsp3) is 0.467. The third kappa shape index (κ3) is 5.32. The monoisotopic (exact) mass is 528 g/mol. The van der Waals surface area contributed by atoms with Crippen LogP contribution in [0, 0.1) is 34.4 Å². The van der Waals surface area contributed by atoms with E-state index in [-0.39, 0.29) is 28.7 Å². The van der Waals surface area contributed by atoms with Crippen molar-refractivity contribution in [3.8, 4) is 12.1 Å². The van der Waals surface area contributed by atoms with Crippen molar-refractivity contribution in [3.63, 3.8) is 0 Å². The fourth-order valence-corrected chi connectivity index (χ4v) is 6.17. The fourth-order valence-electron chi connectivity index (χ4n) is 6.17. The van der Waals surface area contributed by atoms with Crippen LogP contribution >= 0.6 is 0 Å². The maximum atomic E-state index is 13.7. The Balaban J connectivity index is 1.41. The molecule has 1 saturated heterocycles. The quantitative estimate of drug-likeness (QED) is 0.465. The summed E-state index contributed by atoms with van der Waals surface area (Å²) in [6, 6.07) is 14.6. The first kappa shape index (κ1) is 26.6. The maximum absolute atomic E-state index is 13.7. The molecule has 8 nitrogen and oxygen atoms in total. The molecule has 1 aliphatic carbocycles. The van der Waals surface area contributed by atoms with Crippen molar-refractivity contribution in [2.45, 2.75) is 50.6 Å². The van der Waals surface area contributed by atoms with Gasteiger partial charge in [-0.1, -0.05) is 0 Å². The second-order valence-corrected chi connectivity index (χ2v) is 10.7. The highest BCUT2D eigenvalue weighted by Crippen LogP contribution is 2.35. The van der Waals surface area contributed by atoms with Crippen LogP contribution in [-0.4, -0.2) is 48.4 Å². The van der Waals surface area contributed by atoms with Crippen LogP contribution in [0.1, 0.15) is 49.8 Å². The molecule has 0 N–H and O–H groups in total. The van der Waals surface area contributed by atoms with Gasteiger partial charge in [0.2, 0.25) is 0 Å². The molecule has 0 unspecified atom stereocenters. The molecule has 1 saturated carbocycles. The average Bonchev–Trinajstić information content (AvgIpc) is 2.98. The van der Waals surface area contributed by atoms with Gasteiger partial charge in [0.25, 0.3) is 5.56 Å². The minimum atomic E-state index is -0.371. The molecule has 39 heavy (non-hydrogen) atoms. The summed E-state index contributed by atoms with van der Waals surface area (Å²) in [6.07, 6.45) is 5.75. The number of nitrogens with zero attached hydrogens (tertiary/aromatic N) is 6. The summed E-state index contributed by atoms with van der Waals surface area (Å²) in [6.45, 7) is 2.44. The van der Waals surface area contributed by atoms with E-state index in [1.54, 1.807) is 19.2 Å². The van der Waals surface area contributed by atoms with Crippen LogP contribution in [-0.2, 0) is 11.8 Å². The molecule has 3 aromatic rings. The van der Waals surface area contributed by atoms with Gasteiger partial charge in [0.05, 0.1) is 17.8 Å². The average molecular weight is 529 g/mol. The van der Waals surface area contributed by atoms with Crippen LogP contribution in [0.5, 0.6) is 0 Å². The van der Waals surface area contributed by atoms with Gasteiger partial charge in [-0.3, -0.25) is 4.79 Å². The van der Waals surface area contributed by atoms with E-state index in [2.05, 4.69) is 22.0 Å². The highest BCUT2D eigenvalue weighted by atomic mass is 19.1. The van der Waals surface area contributed by atoms with E-state index in [1.807, 2.05) is 24.1 Å². The van der Waals surface area contributed by atoms with Crippen LogP contribution in [0.3, 0.4) is 0 Å².